The number of carbonyl (C=O) groups excluding carboxylic acids is 1. The van der Waals surface area contributed by atoms with Gasteiger partial charge in [0.2, 0.25) is 5.91 Å². The van der Waals surface area contributed by atoms with Gasteiger partial charge in [0, 0.05) is 18.1 Å². The molecule has 1 unspecified atom stereocenters. The Hall–Kier alpha value is -1.75. The minimum absolute atomic E-state index is 0.295. The molecule has 1 aromatic carbocycles. The number of imidazole rings is 1. The van der Waals surface area contributed by atoms with E-state index in [1.54, 1.807) is 13.1 Å². The third-order valence-electron chi connectivity index (χ3n) is 2.57. The molecule has 18 heavy (non-hydrogen) atoms. The maximum absolute atomic E-state index is 11.1. The lowest BCUT2D eigenvalue weighted by molar-refractivity contribution is -0.117. The van der Waals surface area contributed by atoms with Crippen molar-refractivity contribution >= 4 is 17.7 Å². The zero-order chi connectivity index (χ0) is 13.1. The maximum atomic E-state index is 11.1. The highest BCUT2D eigenvalue weighted by atomic mass is 32.2. The second kappa shape index (κ2) is 5.27. The highest BCUT2D eigenvalue weighted by molar-refractivity contribution is 8.00. The van der Waals surface area contributed by atoms with Gasteiger partial charge in [0.15, 0.2) is 5.16 Å². The van der Waals surface area contributed by atoms with Crippen LogP contribution in [0.4, 0.5) is 0 Å². The average Bonchev–Trinajstić information content (AvgIpc) is 2.77. The predicted molar refractivity (Wildman–Crippen MR) is 72.8 cm³/mol. The zero-order valence-corrected chi connectivity index (χ0v) is 11.1. The molecule has 94 valence electrons. The summed E-state index contributed by atoms with van der Waals surface area (Å²) in [6.07, 6.45) is 3.60. The summed E-state index contributed by atoms with van der Waals surface area (Å²) in [7, 11) is 0. The number of amides is 1. The number of thioether (sulfide) groups is 1. The van der Waals surface area contributed by atoms with Gasteiger partial charge in [0.1, 0.15) is 0 Å². The van der Waals surface area contributed by atoms with Crippen LogP contribution in [0.15, 0.2) is 41.8 Å². The van der Waals surface area contributed by atoms with Crippen molar-refractivity contribution in [3.63, 3.8) is 0 Å². The largest absolute Gasteiger partial charge is 0.369 e. The first-order valence-corrected chi connectivity index (χ1v) is 6.52. The van der Waals surface area contributed by atoms with Crippen molar-refractivity contribution in [2.45, 2.75) is 24.3 Å². The van der Waals surface area contributed by atoms with Crippen molar-refractivity contribution in [2.75, 3.05) is 0 Å². The minimum Gasteiger partial charge on any atom is -0.369 e. The van der Waals surface area contributed by atoms with Crippen LogP contribution in [-0.4, -0.2) is 20.7 Å². The lowest BCUT2D eigenvalue weighted by atomic mass is 10.2. The fraction of sp³-hybridized carbons (Fsp3) is 0.231. The van der Waals surface area contributed by atoms with Crippen molar-refractivity contribution in [1.82, 2.24) is 9.55 Å². The highest BCUT2D eigenvalue weighted by Gasteiger charge is 2.14. The summed E-state index contributed by atoms with van der Waals surface area (Å²) in [6.45, 7) is 3.82. The Morgan fingerprint density at radius 3 is 2.94 bits per heavy atom. The number of primary amides is 1. The molecule has 0 bridgehead atoms. The van der Waals surface area contributed by atoms with E-state index >= 15 is 0 Å². The molecule has 0 saturated heterocycles. The van der Waals surface area contributed by atoms with Crippen LogP contribution in [0.2, 0.25) is 0 Å². The van der Waals surface area contributed by atoms with Gasteiger partial charge in [0.05, 0.1) is 5.25 Å². The van der Waals surface area contributed by atoms with Gasteiger partial charge in [-0.2, -0.15) is 0 Å². The van der Waals surface area contributed by atoms with Crippen LogP contribution in [-0.2, 0) is 4.79 Å². The van der Waals surface area contributed by atoms with E-state index < -0.39 is 0 Å². The van der Waals surface area contributed by atoms with E-state index in [9.17, 15) is 4.79 Å². The summed E-state index contributed by atoms with van der Waals surface area (Å²) in [5.41, 5.74) is 7.48. The van der Waals surface area contributed by atoms with Crippen LogP contribution < -0.4 is 5.73 Å². The van der Waals surface area contributed by atoms with E-state index in [4.69, 9.17) is 5.73 Å². The van der Waals surface area contributed by atoms with Crippen LogP contribution in [0, 0.1) is 6.92 Å². The Balaban J connectivity index is 2.30. The van der Waals surface area contributed by atoms with Gasteiger partial charge in [-0.15, -0.1) is 0 Å². The number of benzene rings is 1. The number of hydrogen-bond acceptors (Lipinski definition) is 3. The molecule has 0 spiro atoms. The van der Waals surface area contributed by atoms with Gasteiger partial charge >= 0.3 is 0 Å². The first-order valence-electron chi connectivity index (χ1n) is 5.64. The average molecular weight is 261 g/mol. The molecule has 1 atom stereocenters. The molecule has 1 aromatic heterocycles. The van der Waals surface area contributed by atoms with Crippen molar-refractivity contribution in [1.29, 1.82) is 0 Å². The SMILES string of the molecule is Cc1cccc(-n2ccnc2SC(C)C(N)=O)c1. The predicted octanol–water partition coefficient (Wildman–Crippen LogP) is 2.15. The number of nitrogens with two attached hydrogens (primary N) is 1. The van der Waals surface area contributed by atoms with E-state index in [1.807, 2.05) is 35.9 Å². The third kappa shape index (κ3) is 2.73. The molecule has 0 aliphatic rings. The fourth-order valence-corrected chi connectivity index (χ4v) is 2.40. The smallest absolute Gasteiger partial charge is 0.230 e. The summed E-state index contributed by atoms with van der Waals surface area (Å²) in [4.78, 5) is 15.4. The number of hydrogen-bond donors (Lipinski definition) is 1. The second-order valence-electron chi connectivity index (χ2n) is 4.08. The van der Waals surface area contributed by atoms with Gasteiger partial charge in [-0.25, -0.2) is 4.98 Å². The quantitative estimate of drug-likeness (QED) is 0.858. The maximum Gasteiger partial charge on any atom is 0.230 e. The molecule has 0 aliphatic carbocycles. The molecule has 2 aromatic rings. The zero-order valence-electron chi connectivity index (χ0n) is 10.3. The number of nitrogens with zero attached hydrogens (tertiary/aromatic N) is 2. The van der Waals surface area contributed by atoms with E-state index in [-0.39, 0.29) is 11.2 Å². The van der Waals surface area contributed by atoms with Crippen LogP contribution in [0.1, 0.15) is 12.5 Å². The topological polar surface area (TPSA) is 60.9 Å². The van der Waals surface area contributed by atoms with Crippen LogP contribution in [0.5, 0.6) is 0 Å². The van der Waals surface area contributed by atoms with Crippen molar-refractivity contribution in [3.8, 4) is 5.69 Å². The van der Waals surface area contributed by atoms with Crippen molar-refractivity contribution in [2.24, 2.45) is 5.73 Å². The van der Waals surface area contributed by atoms with Crippen LogP contribution >= 0.6 is 11.8 Å². The number of aryl methyl sites for hydroxylation is 1. The Bertz CT molecular complexity index is 565. The van der Waals surface area contributed by atoms with Gasteiger partial charge < -0.3 is 5.73 Å². The summed E-state index contributed by atoms with van der Waals surface area (Å²) in [6, 6.07) is 8.12. The van der Waals surface area contributed by atoms with E-state index in [0.29, 0.717) is 0 Å². The van der Waals surface area contributed by atoms with Crippen molar-refractivity contribution < 1.29 is 4.79 Å². The molecular formula is C13H15N3OS. The lowest BCUT2D eigenvalue weighted by Crippen LogP contribution is -2.22. The minimum atomic E-state index is -0.334. The van der Waals surface area contributed by atoms with Gasteiger partial charge in [-0.05, 0) is 31.5 Å². The molecule has 5 heteroatoms. The lowest BCUT2D eigenvalue weighted by Gasteiger charge is -2.10. The Morgan fingerprint density at radius 2 is 2.28 bits per heavy atom. The standard InChI is InChI=1S/C13H15N3OS/c1-9-4-3-5-11(8-9)16-7-6-15-13(16)18-10(2)12(14)17/h3-8,10H,1-2H3,(H2,14,17). The summed E-state index contributed by atoms with van der Waals surface area (Å²) < 4.78 is 1.96. The fourth-order valence-electron chi connectivity index (χ4n) is 1.57. The van der Waals surface area contributed by atoms with E-state index in [1.165, 1.54) is 17.3 Å². The molecule has 0 fully saturated rings. The molecule has 2 N–H and O–H groups in total. The van der Waals surface area contributed by atoms with Gasteiger partial charge in [-0.3, -0.25) is 9.36 Å². The molecule has 1 amide bonds. The summed E-state index contributed by atoms with van der Waals surface area (Å²) in [5.74, 6) is -0.334. The Morgan fingerprint density at radius 1 is 1.50 bits per heavy atom. The van der Waals surface area contributed by atoms with Gasteiger partial charge in [-0.1, -0.05) is 23.9 Å². The van der Waals surface area contributed by atoms with Gasteiger partial charge in [0.25, 0.3) is 0 Å². The first-order chi connectivity index (χ1) is 8.58. The molecule has 0 saturated carbocycles. The number of aromatic nitrogens is 2. The summed E-state index contributed by atoms with van der Waals surface area (Å²) >= 11 is 1.36. The molecule has 0 aliphatic heterocycles. The van der Waals surface area contributed by atoms with Crippen LogP contribution in [0.3, 0.4) is 0 Å². The Kier molecular flexibility index (Phi) is 3.72. The second-order valence-corrected chi connectivity index (χ2v) is 5.39. The molecule has 1 heterocycles. The number of carbonyl (C=O) groups is 1. The first kappa shape index (κ1) is 12.7. The molecule has 2 rings (SSSR count). The normalized spacial score (nSPS) is 12.3. The number of rotatable bonds is 4. The molecular weight excluding hydrogens is 246 g/mol. The van der Waals surface area contributed by atoms with Crippen molar-refractivity contribution in [3.05, 3.63) is 42.2 Å². The highest BCUT2D eigenvalue weighted by Crippen LogP contribution is 2.24. The van der Waals surface area contributed by atoms with E-state index in [2.05, 4.69) is 11.1 Å². The third-order valence-corrected chi connectivity index (χ3v) is 3.67. The molecule has 0 radical (unpaired) electrons. The monoisotopic (exact) mass is 261 g/mol. The summed E-state index contributed by atoms with van der Waals surface area (Å²) in [5, 5.41) is 0.475. The van der Waals surface area contributed by atoms with Crippen LogP contribution in [0.25, 0.3) is 5.69 Å². The van der Waals surface area contributed by atoms with E-state index in [0.717, 1.165) is 10.8 Å². The molecule has 4 nitrogen and oxygen atoms in total. The Labute approximate surface area is 110 Å².